The number of rotatable bonds is 4. The molecule has 2 amide bonds. The Labute approximate surface area is 129 Å². The Morgan fingerprint density at radius 3 is 2.73 bits per heavy atom. The first-order chi connectivity index (χ1) is 10.7. The number of hydrogen-bond donors (Lipinski definition) is 2. The summed E-state index contributed by atoms with van der Waals surface area (Å²) in [5.74, 6) is -0.0387. The summed E-state index contributed by atoms with van der Waals surface area (Å²) in [5.41, 5.74) is 3.69. The van der Waals surface area contributed by atoms with Gasteiger partial charge in [0, 0.05) is 24.2 Å². The molecule has 4 nitrogen and oxygen atoms in total. The second kappa shape index (κ2) is 6.43. The van der Waals surface area contributed by atoms with Crippen LogP contribution in [0, 0.1) is 0 Å². The molecule has 0 aliphatic carbocycles. The number of nitrogens with one attached hydrogen (secondary N) is 2. The predicted octanol–water partition coefficient (Wildman–Crippen LogP) is 2.54. The molecule has 2 N–H and O–H groups in total. The summed E-state index contributed by atoms with van der Waals surface area (Å²) in [4.78, 5) is 23.5. The molecule has 0 fully saturated rings. The number of hydrogen-bond acceptors (Lipinski definition) is 2. The highest BCUT2D eigenvalue weighted by Gasteiger charge is 2.16. The average Bonchev–Trinajstić information content (AvgIpc) is 2.55. The third kappa shape index (κ3) is 3.34. The molecule has 0 aromatic heterocycles. The summed E-state index contributed by atoms with van der Waals surface area (Å²) < 4.78 is 0. The van der Waals surface area contributed by atoms with Crippen LogP contribution in [0.2, 0.25) is 0 Å². The Balaban J connectivity index is 1.59. The lowest BCUT2D eigenvalue weighted by Crippen LogP contribution is -2.26. The van der Waals surface area contributed by atoms with Crippen molar-refractivity contribution in [3.05, 3.63) is 65.2 Å². The maximum Gasteiger partial charge on any atom is 0.251 e. The van der Waals surface area contributed by atoms with E-state index < -0.39 is 0 Å². The highest BCUT2D eigenvalue weighted by molar-refractivity contribution is 5.97. The number of anilines is 1. The Kier molecular flexibility index (Phi) is 4.19. The molecule has 0 radical (unpaired) electrons. The third-order valence-electron chi connectivity index (χ3n) is 3.80. The van der Waals surface area contributed by atoms with Crippen LogP contribution in [0.15, 0.2) is 48.5 Å². The Bertz CT molecular complexity index is 695. The van der Waals surface area contributed by atoms with Crippen LogP contribution in [0.1, 0.15) is 27.9 Å². The molecule has 112 valence electrons. The molecule has 0 saturated heterocycles. The van der Waals surface area contributed by atoms with Crippen molar-refractivity contribution in [2.75, 3.05) is 11.9 Å². The van der Waals surface area contributed by atoms with Gasteiger partial charge in [0.25, 0.3) is 5.91 Å². The highest BCUT2D eigenvalue weighted by Crippen LogP contribution is 2.23. The minimum Gasteiger partial charge on any atom is -0.352 e. The van der Waals surface area contributed by atoms with Crippen LogP contribution in [0.4, 0.5) is 5.69 Å². The zero-order valence-corrected chi connectivity index (χ0v) is 12.3. The number of benzene rings is 2. The van der Waals surface area contributed by atoms with E-state index in [1.807, 2.05) is 36.4 Å². The summed E-state index contributed by atoms with van der Waals surface area (Å²) >= 11 is 0. The van der Waals surface area contributed by atoms with Crippen LogP contribution in [0.5, 0.6) is 0 Å². The van der Waals surface area contributed by atoms with Gasteiger partial charge in [-0.05, 0) is 42.2 Å². The third-order valence-corrected chi connectivity index (χ3v) is 3.80. The number of amides is 2. The van der Waals surface area contributed by atoms with Crippen molar-refractivity contribution >= 4 is 17.5 Å². The fourth-order valence-corrected chi connectivity index (χ4v) is 2.59. The van der Waals surface area contributed by atoms with Crippen LogP contribution in [0.3, 0.4) is 0 Å². The quantitative estimate of drug-likeness (QED) is 0.910. The zero-order chi connectivity index (χ0) is 15.4. The standard InChI is InChI=1S/C18H18N2O2/c21-17-9-7-14-12-15(6-8-16(14)20-17)18(22)19-11-10-13-4-2-1-3-5-13/h1-6,8,12H,7,9-11H2,(H,19,22)(H,20,21). The second-order valence-corrected chi connectivity index (χ2v) is 5.41. The van der Waals surface area contributed by atoms with Crippen LogP contribution < -0.4 is 10.6 Å². The van der Waals surface area contributed by atoms with E-state index in [4.69, 9.17) is 0 Å². The molecule has 1 aliphatic rings. The molecule has 0 bridgehead atoms. The van der Waals surface area contributed by atoms with Crippen LogP contribution in [-0.2, 0) is 17.6 Å². The lowest BCUT2D eigenvalue weighted by atomic mass is 10.00. The van der Waals surface area contributed by atoms with E-state index in [1.165, 1.54) is 5.56 Å². The number of carbonyl (C=O) groups is 2. The van der Waals surface area contributed by atoms with E-state index in [0.717, 1.165) is 17.7 Å². The summed E-state index contributed by atoms with van der Waals surface area (Å²) in [6.07, 6.45) is 1.98. The fraction of sp³-hybridized carbons (Fsp3) is 0.222. The van der Waals surface area contributed by atoms with Gasteiger partial charge in [0.2, 0.25) is 5.91 Å². The molecule has 0 saturated carbocycles. The highest BCUT2D eigenvalue weighted by atomic mass is 16.2. The fourth-order valence-electron chi connectivity index (χ4n) is 2.59. The maximum absolute atomic E-state index is 12.2. The molecule has 2 aromatic rings. The topological polar surface area (TPSA) is 58.2 Å². The summed E-state index contributed by atoms with van der Waals surface area (Å²) in [5, 5.41) is 5.76. The van der Waals surface area contributed by atoms with Crippen molar-refractivity contribution in [3.8, 4) is 0 Å². The van der Waals surface area contributed by atoms with Crippen LogP contribution in [-0.4, -0.2) is 18.4 Å². The molecule has 22 heavy (non-hydrogen) atoms. The van der Waals surface area contributed by atoms with E-state index in [9.17, 15) is 9.59 Å². The van der Waals surface area contributed by atoms with Gasteiger partial charge in [-0.3, -0.25) is 9.59 Å². The van der Waals surface area contributed by atoms with Gasteiger partial charge < -0.3 is 10.6 Å². The number of carbonyl (C=O) groups excluding carboxylic acids is 2. The molecule has 0 spiro atoms. The zero-order valence-electron chi connectivity index (χ0n) is 12.3. The Morgan fingerprint density at radius 2 is 1.91 bits per heavy atom. The van der Waals surface area contributed by atoms with Crippen molar-refractivity contribution in [2.24, 2.45) is 0 Å². The molecule has 4 heteroatoms. The molecular weight excluding hydrogens is 276 g/mol. The number of aryl methyl sites for hydroxylation is 1. The van der Waals surface area contributed by atoms with Crippen molar-refractivity contribution in [1.82, 2.24) is 5.32 Å². The molecular formula is C18H18N2O2. The Hall–Kier alpha value is -2.62. The first-order valence-electron chi connectivity index (χ1n) is 7.47. The number of fused-ring (bicyclic) bond motifs is 1. The molecule has 1 heterocycles. The SMILES string of the molecule is O=C1CCc2cc(C(=O)NCCc3ccccc3)ccc2N1. The van der Waals surface area contributed by atoms with E-state index in [1.54, 1.807) is 12.1 Å². The van der Waals surface area contributed by atoms with Gasteiger partial charge in [-0.25, -0.2) is 0 Å². The van der Waals surface area contributed by atoms with E-state index in [2.05, 4.69) is 10.6 Å². The normalized spacial score (nSPS) is 13.2. The van der Waals surface area contributed by atoms with Gasteiger partial charge >= 0.3 is 0 Å². The van der Waals surface area contributed by atoms with Crippen molar-refractivity contribution in [3.63, 3.8) is 0 Å². The first-order valence-corrected chi connectivity index (χ1v) is 7.47. The minimum absolute atomic E-state index is 0.0348. The van der Waals surface area contributed by atoms with Gasteiger partial charge in [-0.1, -0.05) is 30.3 Å². The molecule has 1 aliphatic heterocycles. The lowest BCUT2D eigenvalue weighted by Gasteiger charge is -2.17. The summed E-state index contributed by atoms with van der Waals surface area (Å²) in [7, 11) is 0. The van der Waals surface area contributed by atoms with Gasteiger partial charge in [0.1, 0.15) is 0 Å². The van der Waals surface area contributed by atoms with Crippen LogP contribution in [0.25, 0.3) is 0 Å². The molecule has 3 rings (SSSR count). The van der Waals surface area contributed by atoms with E-state index >= 15 is 0 Å². The second-order valence-electron chi connectivity index (χ2n) is 5.41. The predicted molar refractivity (Wildman–Crippen MR) is 85.9 cm³/mol. The smallest absolute Gasteiger partial charge is 0.251 e. The van der Waals surface area contributed by atoms with Crippen LogP contribution >= 0.6 is 0 Å². The van der Waals surface area contributed by atoms with Crippen molar-refractivity contribution in [1.29, 1.82) is 0 Å². The maximum atomic E-state index is 12.2. The van der Waals surface area contributed by atoms with E-state index in [0.29, 0.717) is 24.9 Å². The van der Waals surface area contributed by atoms with E-state index in [-0.39, 0.29) is 11.8 Å². The summed E-state index contributed by atoms with van der Waals surface area (Å²) in [6.45, 7) is 0.608. The van der Waals surface area contributed by atoms with Gasteiger partial charge in [0.05, 0.1) is 0 Å². The average molecular weight is 294 g/mol. The van der Waals surface area contributed by atoms with Gasteiger partial charge in [0.15, 0.2) is 0 Å². The molecule has 2 aromatic carbocycles. The lowest BCUT2D eigenvalue weighted by molar-refractivity contribution is -0.116. The van der Waals surface area contributed by atoms with Gasteiger partial charge in [-0.2, -0.15) is 0 Å². The van der Waals surface area contributed by atoms with Crippen molar-refractivity contribution < 1.29 is 9.59 Å². The summed E-state index contributed by atoms with van der Waals surface area (Å²) in [6, 6.07) is 15.5. The Morgan fingerprint density at radius 1 is 1.09 bits per heavy atom. The monoisotopic (exact) mass is 294 g/mol. The van der Waals surface area contributed by atoms with Crippen molar-refractivity contribution in [2.45, 2.75) is 19.3 Å². The molecule has 0 unspecified atom stereocenters. The van der Waals surface area contributed by atoms with Gasteiger partial charge in [-0.15, -0.1) is 0 Å². The largest absolute Gasteiger partial charge is 0.352 e. The first kappa shape index (κ1) is 14.3. The molecule has 0 atom stereocenters. The minimum atomic E-state index is -0.0735.